The summed E-state index contributed by atoms with van der Waals surface area (Å²) in [5.74, 6) is 0.851. The van der Waals surface area contributed by atoms with Gasteiger partial charge in [-0.15, -0.1) is 0 Å². The van der Waals surface area contributed by atoms with Crippen molar-refractivity contribution in [3.8, 4) is 5.75 Å². The van der Waals surface area contributed by atoms with Gasteiger partial charge in [0.25, 0.3) is 0 Å². The van der Waals surface area contributed by atoms with Gasteiger partial charge in [0.05, 0.1) is 38.1 Å². The van der Waals surface area contributed by atoms with Crippen LogP contribution in [0.25, 0.3) is 0 Å². The van der Waals surface area contributed by atoms with Gasteiger partial charge in [0.15, 0.2) is 0 Å². The summed E-state index contributed by atoms with van der Waals surface area (Å²) in [4.78, 5) is 0. The predicted octanol–water partition coefficient (Wildman–Crippen LogP) is 3.28. The lowest BCUT2D eigenvalue weighted by Crippen LogP contribution is -2.33. The molecule has 2 saturated heterocycles. The highest BCUT2D eigenvalue weighted by Crippen LogP contribution is 2.34. The summed E-state index contributed by atoms with van der Waals surface area (Å²) in [6.45, 7) is 1.33. The van der Waals surface area contributed by atoms with Gasteiger partial charge in [0, 0.05) is 31.4 Å². The number of ether oxygens (including phenoxy) is 3. The molecular formula is C24H31ClO6. The first-order valence-corrected chi connectivity index (χ1v) is 11.0. The summed E-state index contributed by atoms with van der Waals surface area (Å²) in [6, 6.07) is 13.9. The Morgan fingerprint density at radius 3 is 2.55 bits per heavy atom. The number of rotatable bonds is 6. The topological polar surface area (TPSA) is 88.4 Å². The van der Waals surface area contributed by atoms with Crippen LogP contribution in [0.4, 0.5) is 0 Å². The number of hydrogen-bond donors (Lipinski definition) is 3. The zero-order valence-corrected chi connectivity index (χ0v) is 18.5. The highest BCUT2D eigenvalue weighted by Gasteiger charge is 2.29. The summed E-state index contributed by atoms with van der Waals surface area (Å²) in [5.41, 5.74) is 3.12. The van der Waals surface area contributed by atoms with Crippen LogP contribution >= 0.6 is 11.6 Å². The van der Waals surface area contributed by atoms with Gasteiger partial charge < -0.3 is 29.5 Å². The molecule has 0 amide bonds. The number of benzene rings is 2. The zero-order valence-electron chi connectivity index (χ0n) is 17.7. The Kier molecular flexibility index (Phi) is 9.14. The van der Waals surface area contributed by atoms with Gasteiger partial charge in [-0.05, 0) is 41.3 Å². The molecule has 7 heteroatoms. The van der Waals surface area contributed by atoms with E-state index in [0.29, 0.717) is 30.9 Å². The fraction of sp³-hybridized carbons (Fsp3) is 0.500. The number of aliphatic hydroxyl groups is 3. The molecule has 0 aromatic heterocycles. The lowest BCUT2D eigenvalue weighted by atomic mass is 9.94. The Morgan fingerprint density at radius 2 is 1.87 bits per heavy atom. The second-order valence-corrected chi connectivity index (χ2v) is 8.24. The summed E-state index contributed by atoms with van der Waals surface area (Å²) >= 11 is 6.45. The number of aliphatic hydroxyl groups excluding tert-OH is 3. The second kappa shape index (κ2) is 11.8. The molecule has 2 aromatic rings. The molecule has 2 aliphatic rings. The molecule has 2 aromatic carbocycles. The second-order valence-electron chi connectivity index (χ2n) is 7.83. The van der Waals surface area contributed by atoms with Gasteiger partial charge in [-0.25, -0.2) is 0 Å². The van der Waals surface area contributed by atoms with Gasteiger partial charge in [-0.1, -0.05) is 35.9 Å². The van der Waals surface area contributed by atoms with Gasteiger partial charge in [0.2, 0.25) is 0 Å². The fourth-order valence-corrected chi connectivity index (χ4v) is 4.14. The van der Waals surface area contributed by atoms with Gasteiger partial charge in [-0.2, -0.15) is 0 Å². The maximum Gasteiger partial charge on any atom is 0.124 e. The van der Waals surface area contributed by atoms with Gasteiger partial charge in [0.1, 0.15) is 11.9 Å². The van der Waals surface area contributed by atoms with Crippen molar-refractivity contribution in [1.29, 1.82) is 0 Å². The molecule has 0 aliphatic carbocycles. The van der Waals surface area contributed by atoms with Crippen molar-refractivity contribution in [2.24, 2.45) is 0 Å². The third-order valence-electron chi connectivity index (χ3n) is 5.53. The van der Waals surface area contributed by atoms with Crippen LogP contribution in [0.3, 0.4) is 0 Å². The molecule has 2 aliphatic heterocycles. The molecule has 0 saturated carbocycles. The quantitative estimate of drug-likeness (QED) is 0.626. The highest BCUT2D eigenvalue weighted by atomic mass is 35.5. The molecule has 4 rings (SSSR count). The molecule has 0 radical (unpaired) electrons. The van der Waals surface area contributed by atoms with Gasteiger partial charge >= 0.3 is 0 Å². The first-order valence-electron chi connectivity index (χ1n) is 10.6. The standard InChI is InChI=1S/C23H27ClO5.CH4O/c24-22-6-3-16(23-12-18(26)11-21(13-25)29-23)10-17(22)9-15-1-4-19(5-2-15)28-20-7-8-27-14-20;1-2/h1-6,10,18,20-21,23,25-26H,7-9,11-14H2;2H,1H3. The van der Waals surface area contributed by atoms with E-state index in [4.69, 9.17) is 30.9 Å². The Hall–Kier alpha value is -1.67. The van der Waals surface area contributed by atoms with Crippen LogP contribution in [0.2, 0.25) is 5.02 Å². The first-order chi connectivity index (χ1) is 15.1. The lowest BCUT2D eigenvalue weighted by molar-refractivity contribution is -0.113. The zero-order chi connectivity index (χ0) is 22.2. The van der Waals surface area contributed by atoms with Crippen molar-refractivity contribution in [2.45, 2.75) is 50.1 Å². The fourth-order valence-electron chi connectivity index (χ4n) is 3.96. The Bertz CT molecular complexity index is 806. The molecule has 2 fully saturated rings. The van der Waals surface area contributed by atoms with Gasteiger partial charge in [-0.3, -0.25) is 0 Å². The van der Waals surface area contributed by atoms with Crippen LogP contribution < -0.4 is 4.74 Å². The monoisotopic (exact) mass is 450 g/mol. The normalized spacial score (nSPS) is 25.6. The van der Waals surface area contributed by atoms with Crippen molar-refractivity contribution in [2.75, 3.05) is 26.9 Å². The van der Waals surface area contributed by atoms with Crippen molar-refractivity contribution in [3.05, 3.63) is 64.2 Å². The molecule has 6 nitrogen and oxygen atoms in total. The van der Waals surface area contributed by atoms with E-state index in [1.807, 2.05) is 30.3 Å². The van der Waals surface area contributed by atoms with Crippen LogP contribution in [0.1, 0.15) is 42.1 Å². The minimum atomic E-state index is -0.470. The minimum absolute atomic E-state index is 0.0879. The molecule has 4 unspecified atom stereocenters. The smallest absolute Gasteiger partial charge is 0.124 e. The average Bonchev–Trinajstić information content (AvgIpc) is 3.30. The van der Waals surface area contributed by atoms with E-state index in [1.54, 1.807) is 0 Å². The van der Waals surface area contributed by atoms with Crippen molar-refractivity contribution in [3.63, 3.8) is 0 Å². The average molecular weight is 451 g/mol. The molecule has 2 heterocycles. The van der Waals surface area contributed by atoms with Crippen LogP contribution in [-0.4, -0.2) is 60.6 Å². The number of hydrogen-bond acceptors (Lipinski definition) is 6. The van der Waals surface area contributed by atoms with E-state index in [-0.39, 0.29) is 24.9 Å². The molecule has 0 bridgehead atoms. The molecular weight excluding hydrogens is 420 g/mol. The van der Waals surface area contributed by atoms with Crippen LogP contribution in [0.5, 0.6) is 5.75 Å². The summed E-state index contributed by atoms with van der Waals surface area (Å²) in [6.07, 6.45) is 1.71. The lowest BCUT2D eigenvalue weighted by Gasteiger charge is -2.32. The SMILES string of the molecule is CO.OCC1CC(O)CC(c2ccc(Cl)c(Cc3ccc(OC4CCOC4)cc3)c2)O1. The first kappa shape index (κ1) is 24.0. The van der Waals surface area contributed by atoms with E-state index >= 15 is 0 Å². The summed E-state index contributed by atoms with van der Waals surface area (Å²) in [7, 11) is 1.00. The third-order valence-corrected chi connectivity index (χ3v) is 5.90. The molecule has 0 spiro atoms. The van der Waals surface area contributed by atoms with Crippen molar-refractivity contribution < 1.29 is 29.5 Å². The molecule has 31 heavy (non-hydrogen) atoms. The minimum Gasteiger partial charge on any atom is -0.488 e. The molecule has 170 valence electrons. The van der Waals surface area contributed by atoms with E-state index < -0.39 is 6.10 Å². The summed E-state index contributed by atoms with van der Waals surface area (Å²) in [5, 5.41) is 27.2. The van der Waals surface area contributed by atoms with Crippen molar-refractivity contribution >= 4 is 11.6 Å². The van der Waals surface area contributed by atoms with Crippen LogP contribution in [0, 0.1) is 0 Å². The van der Waals surface area contributed by atoms with E-state index in [2.05, 4.69) is 12.1 Å². The maximum absolute atomic E-state index is 10.1. The predicted molar refractivity (Wildman–Crippen MR) is 119 cm³/mol. The third kappa shape index (κ3) is 6.65. The van der Waals surface area contributed by atoms with Crippen LogP contribution in [0.15, 0.2) is 42.5 Å². The van der Waals surface area contributed by atoms with Crippen molar-refractivity contribution in [1.82, 2.24) is 0 Å². The Balaban J connectivity index is 0.00000132. The molecule has 4 atom stereocenters. The largest absolute Gasteiger partial charge is 0.488 e. The van der Waals surface area contributed by atoms with E-state index in [9.17, 15) is 10.2 Å². The highest BCUT2D eigenvalue weighted by molar-refractivity contribution is 6.31. The Labute approximate surface area is 188 Å². The molecule has 3 N–H and O–H groups in total. The maximum atomic E-state index is 10.1. The number of halogens is 1. The van der Waals surface area contributed by atoms with E-state index in [1.165, 1.54) is 0 Å². The van der Waals surface area contributed by atoms with Crippen LogP contribution in [-0.2, 0) is 15.9 Å². The summed E-state index contributed by atoms with van der Waals surface area (Å²) < 4.78 is 17.2. The van der Waals surface area contributed by atoms with E-state index in [0.717, 1.165) is 42.6 Å². The Morgan fingerprint density at radius 1 is 1.10 bits per heavy atom.